The van der Waals surface area contributed by atoms with Crippen LogP contribution in [0, 0.1) is 0 Å². The molecule has 0 spiro atoms. The molecule has 0 aromatic heterocycles. The molecule has 192 valence electrons. The van der Waals surface area contributed by atoms with Crippen molar-refractivity contribution in [2.45, 2.75) is 17.9 Å². The Kier molecular flexibility index (Phi) is 8.65. The third kappa shape index (κ3) is 5.83. The van der Waals surface area contributed by atoms with Crippen molar-refractivity contribution < 1.29 is 32.2 Å². The average Bonchev–Trinajstić information content (AvgIpc) is 2.91. The molecule has 3 aromatic rings. The number of rotatable bonds is 11. The van der Waals surface area contributed by atoms with Gasteiger partial charge in [-0.05, 0) is 49.4 Å². The van der Waals surface area contributed by atoms with Crippen LogP contribution in [0.2, 0.25) is 0 Å². The maximum atomic E-state index is 13.7. The molecule has 0 aliphatic carbocycles. The summed E-state index contributed by atoms with van der Waals surface area (Å²) in [5, 5.41) is 2.86. The molecule has 0 fully saturated rings. The number of nitrogens with one attached hydrogen (secondary N) is 1. The zero-order valence-electron chi connectivity index (χ0n) is 20.8. The van der Waals surface area contributed by atoms with Crippen LogP contribution < -0.4 is 28.6 Å². The summed E-state index contributed by atoms with van der Waals surface area (Å²) in [4.78, 5) is 13.1. The molecule has 3 aromatic carbocycles. The first-order valence-electron chi connectivity index (χ1n) is 11.1. The summed E-state index contributed by atoms with van der Waals surface area (Å²) >= 11 is 0. The number of anilines is 1. The van der Waals surface area contributed by atoms with E-state index in [-0.39, 0.29) is 10.6 Å². The molecule has 1 atom stereocenters. The van der Waals surface area contributed by atoms with Crippen molar-refractivity contribution in [3.63, 3.8) is 0 Å². The number of amides is 1. The maximum Gasteiger partial charge on any atom is 0.264 e. The summed E-state index contributed by atoms with van der Waals surface area (Å²) in [5.41, 5.74) is 1.07. The minimum Gasteiger partial charge on any atom is -0.497 e. The lowest BCUT2D eigenvalue weighted by atomic mass is 10.1. The van der Waals surface area contributed by atoms with Crippen molar-refractivity contribution in [1.29, 1.82) is 0 Å². The van der Waals surface area contributed by atoms with Gasteiger partial charge in [-0.1, -0.05) is 18.2 Å². The van der Waals surface area contributed by atoms with Crippen molar-refractivity contribution in [2.24, 2.45) is 0 Å². The molecule has 1 unspecified atom stereocenters. The fourth-order valence-electron chi connectivity index (χ4n) is 3.69. The van der Waals surface area contributed by atoms with Gasteiger partial charge in [0.05, 0.1) is 45.1 Å². The number of benzene rings is 3. The standard InChI is InChI=1S/C26H30N2O7S/c1-18(22-8-6-7-9-23(22)33-3)27-26(29)17-28(19-10-12-20(32-2)13-11-19)36(30,31)21-14-15-24(34-4)25(16-21)35-5/h6-16,18H,17H2,1-5H3,(H,27,29). The summed E-state index contributed by atoms with van der Waals surface area (Å²) < 4.78 is 49.6. The van der Waals surface area contributed by atoms with E-state index < -0.39 is 28.5 Å². The number of methoxy groups -OCH3 is 4. The first-order valence-corrected chi connectivity index (χ1v) is 12.5. The van der Waals surface area contributed by atoms with Crippen LogP contribution in [0.5, 0.6) is 23.0 Å². The van der Waals surface area contributed by atoms with Crippen LogP contribution in [0.4, 0.5) is 5.69 Å². The van der Waals surface area contributed by atoms with Gasteiger partial charge in [0, 0.05) is 11.6 Å². The number of nitrogens with zero attached hydrogens (tertiary/aromatic N) is 1. The van der Waals surface area contributed by atoms with Crippen LogP contribution in [0.15, 0.2) is 71.6 Å². The number of para-hydroxylation sites is 1. The van der Waals surface area contributed by atoms with Crippen LogP contribution in [0.1, 0.15) is 18.5 Å². The van der Waals surface area contributed by atoms with E-state index >= 15 is 0 Å². The van der Waals surface area contributed by atoms with E-state index in [1.807, 2.05) is 18.2 Å². The second kappa shape index (κ2) is 11.7. The zero-order valence-corrected chi connectivity index (χ0v) is 21.7. The average molecular weight is 515 g/mol. The first kappa shape index (κ1) is 26.7. The van der Waals surface area contributed by atoms with Crippen LogP contribution in [0.25, 0.3) is 0 Å². The number of ether oxygens (including phenoxy) is 4. The number of hydrogen-bond acceptors (Lipinski definition) is 7. The Hall–Kier alpha value is -3.92. The molecule has 36 heavy (non-hydrogen) atoms. The van der Waals surface area contributed by atoms with Gasteiger partial charge >= 0.3 is 0 Å². The fraction of sp³-hybridized carbons (Fsp3) is 0.269. The van der Waals surface area contributed by atoms with Gasteiger partial charge in [-0.3, -0.25) is 9.10 Å². The number of carbonyl (C=O) groups excluding carboxylic acids is 1. The third-order valence-corrected chi connectivity index (χ3v) is 7.34. The van der Waals surface area contributed by atoms with Gasteiger partial charge in [0.2, 0.25) is 5.91 Å². The Labute approximate surface area is 211 Å². The maximum absolute atomic E-state index is 13.7. The van der Waals surface area contributed by atoms with Gasteiger partial charge in [-0.2, -0.15) is 0 Å². The predicted molar refractivity (Wildman–Crippen MR) is 137 cm³/mol. The molecule has 0 aliphatic rings. The SMILES string of the molecule is COc1ccc(N(CC(=O)NC(C)c2ccccc2OC)S(=O)(=O)c2ccc(OC)c(OC)c2)cc1. The van der Waals surface area contributed by atoms with Crippen molar-refractivity contribution in [3.8, 4) is 23.0 Å². The van der Waals surface area contributed by atoms with E-state index in [1.54, 1.807) is 44.4 Å². The molecule has 0 bridgehead atoms. The molecule has 10 heteroatoms. The Morgan fingerprint density at radius 2 is 1.47 bits per heavy atom. The Balaban J connectivity index is 1.96. The lowest BCUT2D eigenvalue weighted by Gasteiger charge is -2.26. The smallest absolute Gasteiger partial charge is 0.264 e. The summed E-state index contributed by atoms with van der Waals surface area (Å²) in [6.45, 7) is 1.35. The molecular weight excluding hydrogens is 484 g/mol. The molecule has 1 amide bonds. The van der Waals surface area contributed by atoms with Gasteiger partial charge in [-0.15, -0.1) is 0 Å². The molecule has 1 N–H and O–H groups in total. The third-order valence-electron chi connectivity index (χ3n) is 5.57. The Bertz CT molecular complexity index is 1290. The van der Waals surface area contributed by atoms with Crippen LogP contribution >= 0.6 is 0 Å². The second-order valence-electron chi connectivity index (χ2n) is 7.76. The molecule has 9 nitrogen and oxygen atoms in total. The van der Waals surface area contributed by atoms with E-state index in [2.05, 4.69) is 5.32 Å². The van der Waals surface area contributed by atoms with Gasteiger partial charge in [-0.25, -0.2) is 8.42 Å². The van der Waals surface area contributed by atoms with E-state index in [0.717, 1.165) is 9.87 Å². The molecule has 0 aliphatic heterocycles. The van der Waals surface area contributed by atoms with E-state index in [4.69, 9.17) is 18.9 Å². The van der Waals surface area contributed by atoms with Crippen molar-refractivity contribution in [1.82, 2.24) is 5.32 Å². The van der Waals surface area contributed by atoms with Gasteiger partial charge in [0.25, 0.3) is 10.0 Å². The van der Waals surface area contributed by atoms with Gasteiger partial charge in [0.15, 0.2) is 11.5 Å². The van der Waals surface area contributed by atoms with Crippen LogP contribution in [-0.2, 0) is 14.8 Å². The highest BCUT2D eigenvalue weighted by molar-refractivity contribution is 7.92. The first-order chi connectivity index (χ1) is 17.2. The lowest BCUT2D eigenvalue weighted by Crippen LogP contribution is -2.41. The molecule has 3 rings (SSSR count). The Morgan fingerprint density at radius 1 is 0.833 bits per heavy atom. The minimum atomic E-state index is -4.17. The highest BCUT2D eigenvalue weighted by atomic mass is 32.2. The van der Waals surface area contributed by atoms with Crippen molar-refractivity contribution in [3.05, 3.63) is 72.3 Å². The summed E-state index contributed by atoms with van der Waals surface area (Å²) in [6, 6.07) is 17.6. The van der Waals surface area contributed by atoms with Crippen LogP contribution in [0.3, 0.4) is 0 Å². The molecule has 0 heterocycles. The highest BCUT2D eigenvalue weighted by Gasteiger charge is 2.29. The quantitative estimate of drug-likeness (QED) is 0.415. The largest absolute Gasteiger partial charge is 0.497 e. The second-order valence-corrected chi connectivity index (χ2v) is 9.62. The lowest BCUT2D eigenvalue weighted by molar-refractivity contribution is -0.120. The topological polar surface area (TPSA) is 103 Å². The zero-order chi connectivity index (χ0) is 26.3. The summed E-state index contributed by atoms with van der Waals surface area (Å²) in [6.07, 6.45) is 0. The monoisotopic (exact) mass is 514 g/mol. The molecule has 0 radical (unpaired) electrons. The predicted octanol–water partition coefficient (Wildman–Crippen LogP) is 3.79. The normalized spacial score (nSPS) is 11.8. The van der Waals surface area contributed by atoms with Crippen molar-refractivity contribution >= 4 is 21.6 Å². The Morgan fingerprint density at radius 3 is 2.08 bits per heavy atom. The van der Waals surface area contributed by atoms with E-state index in [1.165, 1.54) is 39.5 Å². The number of hydrogen-bond donors (Lipinski definition) is 1. The molecular formula is C26H30N2O7S. The molecule has 0 saturated carbocycles. The number of sulfonamides is 1. The number of carbonyl (C=O) groups is 1. The van der Waals surface area contributed by atoms with Crippen LogP contribution in [-0.4, -0.2) is 49.3 Å². The fourth-order valence-corrected chi connectivity index (χ4v) is 5.12. The minimum absolute atomic E-state index is 0.0541. The van der Waals surface area contributed by atoms with Crippen molar-refractivity contribution in [2.75, 3.05) is 39.3 Å². The summed E-state index contributed by atoms with van der Waals surface area (Å²) in [7, 11) is 1.78. The highest BCUT2D eigenvalue weighted by Crippen LogP contribution is 2.33. The summed E-state index contributed by atoms with van der Waals surface area (Å²) in [5.74, 6) is 1.32. The van der Waals surface area contributed by atoms with Gasteiger partial charge in [0.1, 0.15) is 18.0 Å². The van der Waals surface area contributed by atoms with Gasteiger partial charge < -0.3 is 24.3 Å². The molecule has 0 saturated heterocycles. The van der Waals surface area contributed by atoms with E-state index in [9.17, 15) is 13.2 Å². The van der Waals surface area contributed by atoms with E-state index in [0.29, 0.717) is 22.9 Å².